The summed E-state index contributed by atoms with van der Waals surface area (Å²) in [7, 11) is 1.54. The lowest BCUT2D eigenvalue weighted by Crippen LogP contribution is -2.56. The van der Waals surface area contributed by atoms with Gasteiger partial charge < -0.3 is 25.4 Å². The fourth-order valence-corrected chi connectivity index (χ4v) is 6.63. The highest BCUT2D eigenvalue weighted by Crippen LogP contribution is 2.61. The highest BCUT2D eigenvalue weighted by Gasteiger charge is 2.77. The van der Waals surface area contributed by atoms with E-state index >= 15 is 0 Å². The zero-order chi connectivity index (χ0) is 23.0. The van der Waals surface area contributed by atoms with Crippen LogP contribution in [0.1, 0.15) is 37.8 Å². The van der Waals surface area contributed by atoms with Crippen molar-refractivity contribution in [3.63, 3.8) is 0 Å². The Kier molecular flexibility index (Phi) is 6.61. The normalized spacial score (nSPS) is 33.8. The van der Waals surface area contributed by atoms with Gasteiger partial charge in [0, 0.05) is 18.4 Å². The predicted molar refractivity (Wildman–Crippen MR) is 121 cm³/mol. The number of ether oxygens (including phenoxy) is 1. The molecule has 1 spiro atoms. The Morgan fingerprint density at radius 3 is 2.66 bits per heavy atom. The van der Waals surface area contributed by atoms with Gasteiger partial charge in [0.1, 0.15) is 11.6 Å². The molecule has 9 heteroatoms. The van der Waals surface area contributed by atoms with E-state index in [2.05, 4.69) is 26.6 Å². The van der Waals surface area contributed by atoms with Crippen molar-refractivity contribution in [2.45, 2.75) is 54.8 Å². The van der Waals surface area contributed by atoms with Gasteiger partial charge in [0.15, 0.2) is 0 Å². The van der Waals surface area contributed by atoms with Crippen LogP contribution in [-0.2, 0) is 19.1 Å². The van der Waals surface area contributed by atoms with Crippen molar-refractivity contribution in [1.29, 1.82) is 0 Å². The average molecular weight is 508 g/mol. The van der Waals surface area contributed by atoms with Crippen LogP contribution in [-0.4, -0.2) is 70.5 Å². The van der Waals surface area contributed by atoms with E-state index in [4.69, 9.17) is 4.74 Å². The van der Waals surface area contributed by atoms with E-state index in [9.17, 15) is 19.5 Å². The number of halogens is 1. The summed E-state index contributed by atoms with van der Waals surface area (Å²) in [6, 6.07) is 7.52. The third-order valence-electron chi connectivity index (χ3n) is 7.05. The smallest absolute Gasteiger partial charge is 0.245 e. The van der Waals surface area contributed by atoms with Crippen LogP contribution >= 0.6 is 15.9 Å². The molecule has 3 aliphatic heterocycles. The predicted octanol–water partition coefficient (Wildman–Crippen LogP) is 1.13. The number of benzene rings is 1. The highest BCUT2D eigenvalue weighted by atomic mass is 79.9. The van der Waals surface area contributed by atoms with Crippen LogP contribution in [0, 0.1) is 11.8 Å². The first-order valence-corrected chi connectivity index (χ1v) is 12.1. The molecule has 3 saturated heterocycles. The number of aliphatic hydroxyl groups excluding tert-OH is 1. The summed E-state index contributed by atoms with van der Waals surface area (Å²) < 4.78 is 6.39. The molecule has 3 amide bonds. The fraction of sp³-hybridized carbons (Fsp3) is 0.609. The molecule has 3 aliphatic rings. The van der Waals surface area contributed by atoms with E-state index in [-0.39, 0.29) is 29.2 Å². The highest BCUT2D eigenvalue weighted by molar-refractivity contribution is 9.09. The number of fused-ring (bicyclic) bond motifs is 1. The molecule has 0 aromatic heterocycles. The van der Waals surface area contributed by atoms with Crippen molar-refractivity contribution in [3.05, 3.63) is 35.9 Å². The van der Waals surface area contributed by atoms with Crippen molar-refractivity contribution in [2.24, 2.45) is 11.8 Å². The number of nitrogens with zero attached hydrogens (tertiary/aromatic N) is 1. The Morgan fingerprint density at radius 2 is 2.03 bits per heavy atom. The van der Waals surface area contributed by atoms with Gasteiger partial charge in [-0.3, -0.25) is 14.4 Å². The number of amides is 3. The summed E-state index contributed by atoms with van der Waals surface area (Å²) in [6.07, 6.45) is 1.69. The van der Waals surface area contributed by atoms with Gasteiger partial charge in [-0.25, -0.2) is 0 Å². The largest absolute Gasteiger partial charge is 0.394 e. The molecular weight excluding hydrogens is 478 g/mol. The quantitative estimate of drug-likeness (QED) is 0.361. The van der Waals surface area contributed by atoms with E-state index in [1.807, 2.05) is 37.3 Å². The molecule has 2 bridgehead atoms. The number of hydrogen-bond acceptors (Lipinski definition) is 5. The van der Waals surface area contributed by atoms with Gasteiger partial charge >= 0.3 is 0 Å². The zero-order valence-electron chi connectivity index (χ0n) is 18.3. The van der Waals surface area contributed by atoms with Gasteiger partial charge in [0.25, 0.3) is 0 Å². The van der Waals surface area contributed by atoms with Crippen LogP contribution in [0.4, 0.5) is 0 Å². The number of nitrogens with one attached hydrogen (secondary N) is 2. The molecule has 1 aromatic rings. The maximum absolute atomic E-state index is 13.9. The Bertz CT molecular complexity index is 884. The maximum atomic E-state index is 13.9. The minimum atomic E-state index is -1.12. The first-order valence-electron chi connectivity index (χ1n) is 11.2. The molecule has 0 aliphatic carbocycles. The number of rotatable bonds is 8. The van der Waals surface area contributed by atoms with E-state index in [1.54, 1.807) is 0 Å². The molecule has 0 radical (unpaired) electrons. The van der Waals surface area contributed by atoms with Gasteiger partial charge in [-0.15, -0.1) is 0 Å². The van der Waals surface area contributed by atoms with E-state index in [0.29, 0.717) is 13.0 Å². The Balaban J connectivity index is 1.79. The van der Waals surface area contributed by atoms with Crippen molar-refractivity contribution >= 4 is 33.7 Å². The van der Waals surface area contributed by atoms with Crippen molar-refractivity contribution in [1.82, 2.24) is 15.5 Å². The summed E-state index contributed by atoms with van der Waals surface area (Å²) in [4.78, 5) is 41.5. The Labute approximate surface area is 196 Å². The molecule has 3 heterocycles. The van der Waals surface area contributed by atoms with Crippen LogP contribution in [0.2, 0.25) is 0 Å². The van der Waals surface area contributed by atoms with Crippen LogP contribution < -0.4 is 10.6 Å². The van der Waals surface area contributed by atoms with E-state index in [1.165, 1.54) is 11.9 Å². The number of carbonyl (C=O) groups excluding carboxylic acids is 3. The minimum Gasteiger partial charge on any atom is -0.394 e. The molecule has 3 N–H and O–H groups in total. The van der Waals surface area contributed by atoms with Crippen LogP contribution in [0.5, 0.6) is 0 Å². The first kappa shape index (κ1) is 23.2. The molecular formula is C23H30BrN3O5. The Hall–Kier alpha value is -1.97. The van der Waals surface area contributed by atoms with Crippen molar-refractivity contribution in [2.75, 3.05) is 20.2 Å². The monoisotopic (exact) mass is 507 g/mol. The molecule has 32 heavy (non-hydrogen) atoms. The molecule has 4 rings (SSSR count). The second-order valence-electron chi connectivity index (χ2n) is 8.78. The third kappa shape index (κ3) is 3.45. The SMILES string of the molecule is CCCCNC(=O)C1N([C@H](CO)c2ccccc2)C(=O)[C@@H]2[C@H](C(=O)NC)[C@H]3OC12CC3Br. The zero-order valence-corrected chi connectivity index (χ0v) is 19.9. The molecule has 0 saturated carbocycles. The maximum Gasteiger partial charge on any atom is 0.245 e. The van der Waals surface area contributed by atoms with Crippen LogP contribution in [0.25, 0.3) is 0 Å². The second kappa shape index (κ2) is 9.11. The Morgan fingerprint density at radius 1 is 1.31 bits per heavy atom. The minimum absolute atomic E-state index is 0.149. The summed E-state index contributed by atoms with van der Waals surface area (Å²) in [5.74, 6) is -2.37. The summed E-state index contributed by atoms with van der Waals surface area (Å²) in [5.41, 5.74) is -0.390. The topological polar surface area (TPSA) is 108 Å². The lowest BCUT2D eigenvalue weighted by Gasteiger charge is -2.37. The van der Waals surface area contributed by atoms with Gasteiger partial charge in [-0.1, -0.05) is 59.6 Å². The summed E-state index contributed by atoms with van der Waals surface area (Å²) in [5, 5.41) is 15.9. The number of carbonyl (C=O) groups is 3. The molecule has 174 valence electrons. The number of aliphatic hydroxyl groups is 1. The van der Waals surface area contributed by atoms with Crippen LogP contribution in [0.15, 0.2) is 30.3 Å². The molecule has 3 fully saturated rings. The second-order valence-corrected chi connectivity index (χ2v) is 9.95. The van der Waals surface area contributed by atoms with Crippen molar-refractivity contribution in [3.8, 4) is 0 Å². The van der Waals surface area contributed by atoms with Gasteiger partial charge in [-0.2, -0.15) is 0 Å². The number of alkyl halides is 1. The van der Waals surface area contributed by atoms with Crippen LogP contribution in [0.3, 0.4) is 0 Å². The third-order valence-corrected chi connectivity index (χ3v) is 7.89. The lowest BCUT2D eigenvalue weighted by atomic mass is 9.70. The number of likely N-dealkylation sites (tertiary alicyclic amines) is 1. The van der Waals surface area contributed by atoms with Gasteiger partial charge in [0.05, 0.1) is 30.6 Å². The fourth-order valence-electron chi connectivity index (χ4n) is 5.68. The molecule has 3 unspecified atom stereocenters. The number of hydrogen-bond donors (Lipinski definition) is 3. The molecule has 8 nitrogen and oxygen atoms in total. The summed E-state index contributed by atoms with van der Waals surface area (Å²) >= 11 is 3.63. The number of unbranched alkanes of at least 4 members (excludes halogenated alkanes) is 1. The standard InChI is InChI=1S/C23H30BrN3O5/c1-3-4-10-26-21(30)19-23-11-14(24)18(32-23)16(20(29)25-2)17(23)22(31)27(19)15(12-28)13-8-6-5-7-9-13/h5-9,14-19,28H,3-4,10-12H2,1-2H3,(H,25,29)(H,26,30)/t14?,15-,16+,17+,18+,19?,23?/m1/s1. The summed E-state index contributed by atoms with van der Waals surface area (Å²) in [6.45, 7) is 2.18. The lowest BCUT2D eigenvalue weighted by molar-refractivity contribution is -0.145. The van der Waals surface area contributed by atoms with E-state index in [0.717, 1.165) is 18.4 Å². The average Bonchev–Trinajstić information content (AvgIpc) is 3.38. The van der Waals surface area contributed by atoms with E-state index < -0.39 is 35.6 Å². The van der Waals surface area contributed by atoms with Crippen molar-refractivity contribution < 1.29 is 24.2 Å². The van der Waals surface area contributed by atoms with Gasteiger partial charge in [0.2, 0.25) is 17.7 Å². The molecule has 1 aromatic carbocycles. The molecule has 7 atom stereocenters. The first-order chi connectivity index (χ1) is 15.4. The van der Waals surface area contributed by atoms with Gasteiger partial charge in [-0.05, 0) is 18.4 Å².